The summed E-state index contributed by atoms with van der Waals surface area (Å²) in [5, 5.41) is 5.03. The molecule has 0 unspecified atom stereocenters. The average Bonchev–Trinajstić information content (AvgIpc) is 2.03. The minimum Gasteiger partial charge on any atom is -0.279 e. The molecule has 1 aromatic heterocycles. The van der Waals surface area contributed by atoms with Crippen molar-refractivity contribution < 1.29 is 17.8 Å². The third-order valence-corrected chi connectivity index (χ3v) is 1.69. The van der Waals surface area contributed by atoms with Gasteiger partial charge in [0, 0.05) is 6.20 Å². The van der Waals surface area contributed by atoms with Crippen LogP contribution in [0.1, 0.15) is 10.5 Å². The van der Waals surface area contributed by atoms with Crippen LogP contribution < -0.4 is 0 Å². The van der Waals surface area contributed by atoms with E-state index in [0.717, 1.165) is 6.07 Å². The third kappa shape index (κ3) is 1.83. The van der Waals surface area contributed by atoms with Crippen molar-refractivity contribution in [1.29, 1.82) is 0 Å². The van der Waals surface area contributed by atoms with Crippen LogP contribution in [0.3, 0.4) is 0 Å². The number of carbonyl (C=O) groups is 1. The molecule has 0 aliphatic rings. The molecular weight excluding hydrogens is 184 g/mol. The number of nitrogens with zero attached hydrogens (tertiary/aromatic N) is 2. The summed E-state index contributed by atoms with van der Waals surface area (Å²) in [6.45, 7) is 0. The van der Waals surface area contributed by atoms with Gasteiger partial charge in [-0.1, -0.05) is 0 Å². The molecule has 1 aromatic rings. The molecule has 0 amide bonds. The molecule has 0 bridgehead atoms. The molecule has 0 radical (unpaired) electrons. The Balaban J connectivity index is 3.11. The van der Waals surface area contributed by atoms with E-state index < -0.39 is 20.9 Å². The van der Waals surface area contributed by atoms with E-state index in [1.165, 1.54) is 12.3 Å². The minimum atomic E-state index is -4.70. The van der Waals surface area contributed by atoms with Crippen LogP contribution in [-0.4, -0.2) is 28.3 Å². The van der Waals surface area contributed by atoms with E-state index >= 15 is 0 Å². The van der Waals surface area contributed by atoms with Crippen molar-refractivity contribution in [1.82, 2.24) is 10.2 Å². The standard InChI is InChI=1S/C5H4N2O4S/c8-5(12(9,10)11)4-2-1-3-6-7-4/h1-3H,(H,9,10,11). The normalized spacial score (nSPS) is 11.1. The Kier molecular flexibility index (Phi) is 2.15. The lowest BCUT2D eigenvalue weighted by atomic mass is 10.4. The summed E-state index contributed by atoms with van der Waals surface area (Å²) in [5.41, 5.74) is -0.403. The van der Waals surface area contributed by atoms with E-state index in [-0.39, 0.29) is 0 Å². The molecule has 6 nitrogen and oxygen atoms in total. The maximum Gasteiger partial charge on any atom is 0.335 e. The fourth-order valence-electron chi connectivity index (χ4n) is 0.543. The van der Waals surface area contributed by atoms with Gasteiger partial charge in [0.15, 0.2) is 0 Å². The van der Waals surface area contributed by atoms with Gasteiger partial charge in [-0.3, -0.25) is 9.35 Å². The molecule has 0 fully saturated rings. The van der Waals surface area contributed by atoms with E-state index in [2.05, 4.69) is 10.2 Å². The first kappa shape index (κ1) is 8.75. The van der Waals surface area contributed by atoms with Gasteiger partial charge in [-0.15, -0.1) is 5.10 Å². The molecule has 1 heterocycles. The highest BCUT2D eigenvalue weighted by Gasteiger charge is 2.21. The first-order chi connectivity index (χ1) is 5.52. The summed E-state index contributed by atoms with van der Waals surface area (Å²) in [7, 11) is -4.70. The predicted molar refractivity (Wildman–Crippen MR) is 37.9 cm³/mol. The van der Waals surface area contributed by atoms with Gasteiger partial charge in [0.2, 0.25) is 0 Å². The quantitative estimate of drug-likeness (QED) is 0.597. The second-order valence-corrected chi connectivity index (χ2v) is 3.19. The molecule has 64 valence electrons. The number of aromatic nitrogens is 2. The molecule has 0 atom stereocenters. The predicted octanol–water partition coefficient (Wildman–Crippen LogP) is -0.495. The fourth-order valence-corrected chi connectivity index (χ4v) is 0.916. The zero-order chi connectivity index (χ0) is 9.19. The summed E-state index contributed by atoms with van der Waals surface area (Å²) >= 11 is 0. The Morgan fingerprint density at radius 3 is 2.58 bits per heavy atom. The lowest BCUT2D eigenvalue weighted by Crippen LogP contribution is -2.15. The molecule has 1 rings (SSSR count). The number of rotatable bonds is 1. The third-order valence-electron chi connectivity index (χ3n) is 1.02. The molecule has 0 aliphatic carbocycles. The molecular formula is C5H4N2O4S. The Morgan fingerprint density at radius 1 is 1.50 bits per heavy atom. The highest BCUT2D eigenvalue weighted by molar-refractivity contribution is 8.01. The smallest absolute Gasteiger partial charge is 0.279 e. The number of carbonyl (C=O) groups excluding carboxylic acids is 1. The summed E-state index contributed by atoms with van der Waals surface area (Å²) in [6, 6.07) is 2.48. The van der Waals surface area contributed by atoms with Gasteiger partial charge in [-0.25, -0.2) is 0 Å². The Bertz CT molecular complexity index is 385. The van der Waals surface area contributed by atoms with Crippen LogP contribution in [0.5, 0.6) is 0 Å². The van der Waals surface area contributed by atoms with Crippen LogP contribution >= 0.6 is 0 Å². The first-order valence-electron chi connectivity index (χ1n) is 2.81. The van der Waals surface area contributed by atoms with E-state index in [0.29, 0.717) is 0 Å². The Labute approximate surface area is 68.0 Å². The van der Waals surface area contributed by atoms with Crippen molar-refractivity contribution in [2.75, 3.05) is 0 Å². The summed E-state index contributed by atoms with van der Waals surface area (Å²) in [4.78, 5) is 10.7. The fraction of sp³-hybridized carbons (Fsp3) is 0. The Morgan fingerprint density at radius 2 is 2.17 bits per heavy atom. The van der Waals surface area contributed by atoms with Gasteiger partial charge < -0.3 is 0 Å². The zero-order valence-electron chi connectivity index (χ0n) is 5.71. The van der Waals surface area contributed by atoms with Gasteiger partial charge in [0.25, 0.3) is 0 Å². The lowest BCUT2D eigenvalue weighted by Gasteiger charge is -1.92. The van der Waals surface area contributed by atoms with Crippen LogP contribution in [-0.2, 0) is 10.1 Å². The van der Waals surface area contributed by atoms with Crippen molar-refractivity contribution in [3.63, 3.8) is 0 Å². The minimum absolute atomic E-state index is 0.403. The van der Waals surface area contributed by atoms with E-state index in [4.69, 9.17) is 4.55 Å². The molecule has 0 aromatic carbocycles. The summed E-state index contributed by atoms with van der Waals surface area (Å²) in [6.07, 6.45) is 1.28. The molecule has 0 saturated heterocycles. The van der Waals surface area contributed by atoms with Crippen LogP contribution in [0, 0.1) is 0 Å². The highest BCUT2D eigenvalue weighted by atomic mass is 32.2. The molecule has 0 saturated carbocycles. The SMILES string of the molecule is O=C(c1cccnn1)S(=O)(=O)O. The summed E-state index contributed by atoms with van der Waals surface area (Å²) < 4.78 is 28.8. The van der Waals surface area contributed by atoms with Gasteiger partial charge in [-0.05, 0) is 12.1 Å². The number of hydrogen-bond acceptors (Lipinski definition) is 5. The lowest BCUT2D eigenvalue weighted by molar-refractivity contribution is 0.106. The Hall–Kier alpha value is -1.34. The second-order valence-electron chi connectivity index (χ2n) is 1.87. The summed E-state index contributed by atoms with van der Waals surface area (Å²) in [5.74, 6) is 0. The number of hydrogen-bond donors (Lipinski definition) is 1. The monoisotopic (exact) mass is 188 g/mol. The topological polar surface area (TPSA) is 97.2 Å². The maximum absolute atomic E-state index is 10.7. The van der Waals surface area contributed by atoms with Crippen molar-refractivity contribution >= 4 is 15.2 Å². The van der Waals surface area contributed by atoms with Crippen molar-refractivity contribution in [3.05, 3.63) is 24.0 Å². The molecule has 0 aliphatic heterocycles. The van der Waals surface area contributed by atoms with Crippen molar-refractivity contribution in [3.8, 4) is 0 Å². The van der Waals surface area contributed by atoms with Crippen LogP contribution in [0.2, 0.25) is 0 Å². The maximum atomic E-state index is 10.7. The largest absolute Gasteiger partial charge is 0.335 e. The van der Waals surface area contributed by atoms with Crippen LogP contribution in [0.15, 0.2) is 18.3 Å². The molecule has 7 heteroatoms. The van der Waals surface area contributed by atoms with E-state index in [1.807, 2.05) is 0 Å². The van der Waals surface area contributed by atoms with Crippen molar-refractivity contribution in [2.45, 2.75) is 0 Å². The molecule has 12 heavy (non-hydrogen) atoms. The molecule has 0 spiro atoms. The van der Waals surface area contributed by atoms with Crippen LogP contribution in [0.25, 0.3) is 0 Å². The van der Waals surface area contributed by atoms with Gasteiger partial charge >= 0.3 is 15.2 Å². The molecule has 1 N–H and O–H groups in total. The van der Waals surface area contributed by atoms with E-state index in [9.17, 15) is 13.2 Å². The van der Waals surface area contributed by atoms with Gasteiger partial charge in [0.05, 0.1) is 0 Å². The first-order valence-corrected chi connectivity index (χ1v) is 4.25. The second kappa shape index (κ2) is 2.95. The van der Waals surface area contributed by atoms with Gasteiger partial charge in [0.1, 0.15) is 5.69 Å². The van der Waals surface area contributed by atoms with Crippen molar-refractivity contribution in [2.24, 2.45) is 0 Å². The van der Waals surface area contributed by atoms with Crippen LogP contribution in [0.4, 0.5) is 0 Å². The van der Waals surface area contributed by atoms with Gasteiger partial charge in [-0.2, -0.15) is 13.5 Å². The zero-order valence-corrected chi connectivity index (χ0v) is 6.52. The van der Waals surface area contributed by atoms with E-state index in [1.54, 1.807) is 0 Å². The average molecular weight is 188 g/mol. The highest BCUT2D eigenvalue weighted by Crippen LogP contribution is 1.98.